The highest BCUT2D eigenvalue weighted by molar-refractivity contribution is 8.01. The van der Waals surface area contributed by atoms with Crippen molar-refractivity contribution in [3.63, 3.8) is 0 Å². The second-order valence-electron chi connectivity index (χ2n) is 30.1. The zero-order valence-corrected chi connectivity index (χ0v) is 65.1. The first-order chi connectivity index (χ1) is 54.9. The van der Waals surface area contributed by atoms with E-state index < -0.39 is 0 Å². The van der Waals surface area contributed by atoms with Crippen molar-refractivity contribution in [2.45, 2.75) is 73.8 Å². The van der Waals surface area contributed by atoms with Gasteiger partial charge in [-0.2, -0.15) is 0 Å². The van der Waals surface area contributed by atoms with Crippen LogP contribution in [0.15, 0.2) is 342 Å². The molecule has 25 rings (SSSR count). The Kier molecular flexibility index (Phi) is 16.8. The number of hydrogen-bond donors (Lipinski definition) is 0. The van der Waals surface area contributed by atoms with Crippen LogP contribution in [0.1, 0.15) is 59.7 Å². The van der Waals surface area contributed by atoms with Crippen LogP contribution in [0.4, 0.5) is 0 Å². The van der Waals surface area contributed by atoms with E-state index in [4.69, 9.17) is 18.9 Å². The number of ketones is 2. The lowest BCUT2D eigenvalue weighted by Gasteiger charge is -2.33. The zero-order chi connectivity index (χ0) is 75.1. The Bertz CT molecular complexity index is 5820. The standard InChI is InChI=1S/C20H13BO2.C20H13BOS.C19H13BO2.C19H13BOS.C19H13BS2/c2*1-12-10-14-19-18(11-12)23-17-9-5-4-8-16(17)21(19)15-7-3-2-6-13(15)20(14)22;1-12-10-17-19-18(11-12)22-16-9-5-3-7-14(16)20(19)13-6-2-4-8-15(13)21-17;1-12-10-16-19-18(11-12)22-17-9-5-3-7-14(17)20(19)13-6-2-4-8-15(13)21-16;1-12-10-17-19-18(11-12)22-16-9-5-3-7-14(16)20(19)13-6-2-4-8-15(13)21-17/h2*2-11H,1H3;3*2-11H,1H3. The van der Waals surface area contributed by atoms with Gasteiger partial charge in [-0.15, -0.1) is 0 Å². The van der Waals surface area contributed by atoms with Crippen LogP contribution in [0.3, 0.4) is 0 Å². The molecular weight excluding hydrogens is 1440 g/mol. The first-order valence-corrected chi connectivity index (χ1v) is 41.3. The summed E-state index contributed by atoms with van der Waals surface area (Å²) < 4.78 is 24.6. The predicted octanol–water partition coefficient (Wildman–Crippen LogP) is 13.9. The summed E-state index contributed by atoms with van der Waals surface area (Å²) in [6, 6.07) is 106. The molecule has 0 bridgehead atoms. The first-order valence-electron chi connectivity index (χ1n) is 38.1. The highest BCUT2D eigenvalue weighted by atomic mass is 32.2. The lowest BCUT2D eigenvalue weighted by molar-refractivity contribution is 0.103. The molecule has 10 aliphatic rings. The Balaban J connectivity index is 0.0000000884. The second-order valence-corrected chi connectivity index (χ2v) is 34.4. The molecule has 0 aliphatic carbocycles. The molecule has 0 saturated carbocycles. The summed E-state index contributed by atoms with van der Waals surface area (Å²) in [4.78, 5) is 36.8. The number of aryl methyl sites for hydroxylation is 5. The van der Waals surface area contributed by atoms with Gasteiger partial charge in [-0.05, 0) is 215 Å². The third-order valence-corrected chi connectivity index (χ3v) is 27.5. The van der Waals surface area contributed by atoms with Crippen molar-refractivity contribution in [3.8, 4) is 46.0 Å². The monoisotopic (exact) mass is 1510 g/mol. The molecule has 528 valence electrons. The number of fused-ring (bicyclic) bond motifs is 20. The summed E-state index contributed by atoms with van der Waals surface area (Å²) in [7, 11) is 0. The fourth-order valence-corrected chi connectivity index (χ4v) is 23.4. The van der Waals surface area contributed by atoms with E-state index in [0.717, 1.165) is 112 Å². The number of ether oxygens (including phenoxy) is 4. The van der Waals surface area contributed by atoms with Crippen LogP contribution in [0.5, 0.6) is 46.0 Å². The largest absolute Gasteiger partial charge is 0.458 e. The number of carbonyl (C=O) groups is 2. The minimum atomic E-state index is 0.0689. The Morgan fingerprint density at radius 3 is 0.839 bits per heavy atom. The Morgan fingerprint density at radius 1 is 0.196 bits per heavy atom. The highest BCUT2D eigenvalue weighted by Crippen LogP contribution is 2.42. The topological polar surface area (TPSA) is 71.1 Å². The summed E-state index contributed by atoms with van der Waals surface area (Å²) in [5.74, 6) is 7.65. The van der Waals surface area contributed by atoms with Crippen LogP contribution in [-0.4, -0.2) is 45.1 Å². The maximum Gasteiger partial charge on any atom is 0.260 e. The molecule has 0 aromatic heterocycles. The van der Waals surface area contributed by atoms with E-state index in [9.17, 15) is 9.59 Å². The van der Waals surface area contributed by atoms with Crippen LogP contribution in [-0.2, 0) is 0 Å². The average Bonchev–Trinajstić information content (AvgIpc) is 0.735. The summed E-state index contributed by atoms with van der Waals surface area (Å²) >= 11 is 7.50. The van der Waals surface area contributed by atoms with Crippen LogP contribution in [0.25, 0.3) is 0 Å². The third-order valence-electron chi connectivity index (χ3n) is 22.9. The van der Waals surface area contributed by atoms with Gasteiger partial charge in [-0.1, -0.05) is 274 Å². The molecule has 0 fully saturated rings. The van der Waals surface area contributed by atoms with Crippen molar-refractivity contribution < 1.29 is 28.5 Å². The van der Waals surface area contributed by atoms with Gasteiger partial charge in [0, 0.05) is 66.9 Å². The molecular formula is C97H65B5O6S4. The van der Waals surface area contributed by atoms with Crippen molar-refractivity contribution in [1.29, 1.82) is 0 Å². The summed E-state index contributed by atoms with van der Waals surface area (Å²) in [5.41, 5.74) is 28.1. The lowest BCUT2D eigenvalue weighted by atomic mass is 9.32. The van der Waals surface area contributed by atoms with E-state index >= 15 is 0 Å². The molecule has 0 saturated heterocycles. The normalized spacial score (nSPS) is 13.8. The van der Waals surface area contributed by atoms with Gasteiger partial charge in [-0.25, -0.2) is 0 Å². The SMILES string of the molecule is Cc1cc2c3c(c1)C(=O)c1ccccc1B3c1ccccc1O2.Cc1cc2c3c(c1)C(=O)c1ccccc1B3c1ccccc1S2.Cc1cc2c3c(c1)Oc1ccccc1B3c1ccccc1O2.Cc1cc2c3c(c1)Sc1ccccc1B3c1ccccc1O2.Cc1cc2c3c(c1)Sc1ccccc1B3c1ccccc1S2. The fourth-order valence-electron chi connectivity index (χ4n) is 18.3. The number of carbonyl (C=O) groups excluding carboxylic acids is 2. The van der Waals surface area contributed by atoms with Crippen molar-refractivity contribution >= 4 is 174 Å². The summed E-state index contributed by atoms with van der Waals surface area (Å²) in [6.45, 7) is 11.6. The van der Waals surface area contributed by atoms with Crippen molar-refractivity contribution in [3.05, 3.63) is 353 Å². The molecule has 112 heavy (non-hydrogen) atoms. The highest BCUT2D eigenvalue weighted by Gasteiger charge is 2.46. The van der Waals surface area contributed by atoms with Gasteiger partial charge in [0.15, 0.2) is 11.6 Å². The minimum absolute atomic E-state index is 0.0689. The maximum atomic E-state index is 13.0. The van der Waals surface area contributed by atoms with Gasteiger partial charge in [0.1, 0.15) is 46.0 Å². The van der Waals surface area contributed by atoms with Crippen LogP contribution in [0, 0.1) is 34.6 Å². The van der Waals surface area contributed by atoms with Crippen LogP contribution in [0.2, 0.25) is 0 Å². The van der Waals surface area contributed by atoms with Crippen LogP contribution < -0.4 is 101 Å². The lowest BCUT2D eigenvalue weighted by Crippen LogP contribution is -2.60. The van der Waals surface area contributed by atoms with Gasteiger partial charge in [0.25, 0.3) is 20.1 Å². The molecule has 0 atom stereocenters. The molecule has 10 heterocycles. The quantitative estimate of drug-likeness (QED) is 0.137. The number of benzene rings is 15. The minimum Gasteiger partial charge on any atom is -0.458 e. The van der Waals surface area contributed by atoms with Gasteiger partial charge in [-0.3, -0.25) is 9.59 Å². The molecule has 6 nitrogen and oxygen atoms in total. The number of hydrogen-bond acceptors (Lipinski definition) is 10. The van der Waals surface area contributed by atoms with E-state index in [0.29, 0.717) is 6.71 Å². The van der Waals surface area contributed by atoms with Gasteiger partial charge >= 0.3 is 0 Å². The molecule has 0 spiro atoms. The van der Waals surface area contributed by atoms with Crippen molar-refractivity contribution in [2.24, 2.45) is 0 Å². The van der Waals surface area contributed by atoms with E-state index in [1.54, 1.807) is 11.8 Å². The van der Waals surface area contributed by atoms with Crippen LogP contribution >= 0.6 is 47.0 Å². The zero-order valence-electron chi connectivity index (χ0n) is 61.8. The second kappa shape index (κ2) is 27.5. The van der Waals surface area contributed by atoms with E-state index in [-0.39, 0.29) is 38.4 Å². The Hall–Kier alpha value is -11.4. The molecule has 0 N–H and O–H groups in total. The fraction of sp³-hybridized carbons (Fsp3) is 0.0515. The van der Waals surface area contributed by atoms with E-state index in [1.807, 2.05) is 139 Å². The number of rotatable bonds is 0. The molecule has 0 amide bonds. The number of para-hydroxylation sites is 4. The van der Waals surface area contributed by atoms with E-state index in [2.05, 4.69) is 234 Å². The predicted molar refractivity (Wildman–Crippen MR) is 467 cm³/mol. The van der Waals surface area contributed by atoms with Gasteiger partial charge < -0.3 is 18.9 Å². The molecule has 15 aromatic rings. The summed E-state index contributed by atoms with van der Waals surface area (Å²) in [5, 5.41) is 0. The van der Waals surface area contributed by atoms with Crippen molar-refractivity contribution in [2.75, 3.05) is 0 Å². The van der Waals surface area contributed by atoms with Gasteiger partial charge in [0.05, 0.1) is 0 Å². The third kappa shape index (κ3) is 11.4. The molecule has 10 aliphatic heterocycles. The Labute approximate surface area is 670 Å². The maximum absolute atomic E-state index is 13.0. The molecule has 0 radical (unpaired) electrons. The smallest absolute Gasteiger partial charge is 0.260 e. The molecule has 0 unspecified atom stereocenters. The van der Waals surface area contributed by atoms with Gasteiger partial charge in [0.2, 0.25) is 13.4 Å². The molecule has 15 heteroatoms. The van der Waals surface area contributed by atoms with E-state index in [1.165, 1.54) is 105 Å². The Morgan fingerprint density at radius 2 is 0.438 bits per heavy atom. The molecule has 15 aromatic carbocycles. The summed E-state index contributed by atoms with van der Waals surface area (Å²) in [6.07, 6.45) is 0. The first kappa shape index (κ1) is 68.6. The van der Waals surface area contributed by atoms with Crippen molar-refractivity contribution in [1.82, 2.24) is 0 Å². The average molecular weight is 1510 g/mol.